The molecule has 7 nitrogen and oxygen atoms in total. The van der Waals surface area contributed by atoms with E-state index in [4.69, 9.17) is 0 Å². The maximum Gasteiger partial charge on any atom is 0.358 e. The van der Waals surface area contributed by atoms with Crippen molar-refractivity contribution in [2.45, 2.75) is 25.8 Å². The normalized spacial score (nSPS) is 23.8. The van der Waals surface area contributed by atoms with Crippen LogP contribution in [0.1, 0.15) is 40.4 Å². The third-order valence-electron chi connectivity index (χ3n) is 3.24. The monoisotopic (exact) mass is 332 g/mol. The van der Waals surface area contributed by atoms with Crippen LogP contribution in [0.5, 0.6) is 0 Å². The van der Waals surface area contributed by atoms with E-state index in [1.807, 2.05) is 0 Å². The van der Waals surface area contributed by atoms with Crippen molar-refractivity contribution in [1.82, 2.24) is 4.98 Å². The molecule has 0 spiro atoms. The molecule has 0 aliphatic carbocycles. The summed E-state index contributed by atoms with van der Waals surface area (Å²) in [6.45, 7) is 3.12. The summed E-state index contributed by atoms with van der Waals surface area (Å²) < 4.78 is 27.8. The molecule has 1 aromatic heterocycles. The molecule has 1 aromatic rings. The van der Waals surface area contributed by atoms with Crippen molar-refractivity contribution in [2.24, 2.45) is 0 Å². The Labute approximate surface area is 126 Å². The zero-order valence-electron chi connectivity index (χ0n) is 11.9. The summed E-state index contributed by atoms with van der Waals surface area (Å²) in [5.41, 5.74) is -0.681. The van der Waals surface area contributed by atoms with Gasteiger partial charge in [0.2, 0.25) is 0 Å². The van der Waals surface area contributed by atoms with Gasteiger partial charge in [-0.2, -0.15) is 0 Å². The second-order valence-corrected chi connectivity index (χ2v) is 8.46. The van der Waals surface area contributed by atoms with Crippen LogP contribution in [0.25, 0.3) is 0 Å². The van der Waals surface area contributed by atoms with Crippen LogP contribution >= 0.6 is 11.3 Å². The summed E-state index contributed by atoms with van der Waals surface area (Å²) in [4.78, 5) is 27.5. The Kier molecular flexibility index (Phi) is 4.07. The Hall–Kier alpha value is -1.48. The number of carbonyl (C=O) groups is 2. The van der Waals surface area contributed by atoms with Crippen molar-refractivity contribution in [1.29, 1.82) is 0 Å². The molecule has 1 aliphatic rings. The zero-order valence-corrected chi connectivity index (χ0v) is 13.6. The van der Waals surface area contributed by atoms with Crippen LogP contribution in [0, 0.1) is 0 Å². The Morgan fingerprint density at radius 1 is 1.43 bits per heavy atom. The van der Waals surface area contributed by atoms with Crippen LogP contribution in [0.4, 0.5) is 5.13 Å². The largest absolute Gasteiger partial charge is 0.464 e. The van der Waals surface area contributed by atoms with Gasteiger partial charge in [-0.25, -0.2) is 18.2 Å². The van der Waals surface area contributed by atoms with Gasteiger partial charge in [0.15, 0.2) is 26.4 Å². The fraction of sp³-hybridized carbons (Fsp3) is 0.583. The second-order valence-electron chi connectivity index (χ2n) is 5.27. The smallest absolute Gasteiger partial charge is 0.358 e. The molecule has 1 N–H and O–H groups in total. The van der Waals surface area contributed by atoms with Crippen molar-refractivity contribution in [3.05, 3.63) is 10.6 Å². The van der Waals surface area contributed by atoms with Gasteiger partial charge in [-0.1, -0.05) is 11.3 Å². The number of anilines is 1. The Morgan fingerprint density at radius 3 is 2.57 bits per heavy atom. The first-order valence-electron chi connectivity index (χ1n) is 6.24. The third kappa shape index (κ3) is 3.41. The highest BCUT2D eigenvalue weighted by atomic mass is 32.2. The topological polar surface area (TPSA) is 102 Å². The second kappa shape index (κ2) is 5.38. The van der Waals surface area contributed by atoms with E-state index in [9.17, 15) is 18.0 Å². The van der Waals surface area contributed by atoms with E-state index in [-0.39, 0.29) is 27.9 Å². The number of ether oxygens (including phenoxy) is 1. The van der Waals surface area contributed by atoms with Gasteiger partial charge >= 0.3 is 5.97 Å². The minimum atomic E-state index is -3.06. The first kappa shape index (κ1) is 15.9. The molecule has 0 bridgehead atoms. The van der Waals surface area contributed by atoms with Gasteiger partial charge in [-0.15, -0.1) is 0 Å². The van der Waals surface area contributed by atoms with Crippen LogP contribution in [-0.2, 0) is 14.6 Å². The summed E-state index contributed by atoms with van der Waals surface area (Å²) in [6, 6.07) is 0. The number of nitrogens with zero attached hydrogens (tertiary/aromatic N) is 1. The lowest BCUT2D eigenvalue weighted by atomic mass is 10.0. The number of Topliss-reactive ketones (excluding diaryl/α,β-unsaturated/α-hetero) is 1. The first-order valence-corrected chi connectivity index (χ1v) is 8.88. The van der Waals surface area contributed by atoms with Gasteiger partial charge in [0.05, 0.1) is 24.2 Å². The number of rotatable bonds is 4. The van der Waals surface area contributed by atoms with Crippen LogP contribution in [0.15, 0.2) is 0 Å². The van der Waals surface area contributed by atoms with Crippen molar-refractivity contribution < 1.29 is 22.7 Å². The number of esters is 1. The summed E-state index contributed by atoms with van der Waals surface area (Å²) in [5, 5.41) is 3.38. The van der Waals surface area contributed by atoms with Crippen molar-refractivity contribution in [3.8, 4) is 0 Å². The van der Waals surface area contributed by atoms with E-state index in [1.54, 1.807) is 6.92 Å². The van der Waals surface area contributed by atoms with Crippen LogP contribution < -0.4 is 5.32 Å². The Bertz CT molecular complexity index is 695. The molecule has 1 saturated heterocycles. The molecular formula is C12H16N2O5S2. The van der Waals surface area contributed by atoms with Crippen LogP contribution in [-0.4, -0.2) is 49.3 Å². The maximum atomic E-state index is 11.6. The maximum absolute atomic E-state index is 11.6. The Balaban J connectivity index is 2.30. The Morgan fingerprint density at radius 2 is 2.10 bits per heavy atom. The number of nitrogens with one attached hydrogen (secondary N) is 1. The number of methoxy groups -OCH3 is 1. The van der Waals surface area contributed by atoms with E-state index in [1.165, 1.54) is 14.0 Å². The molecular weight excluding hydrogens is 316 g/mol. The van der Waals surface area contributed by atoms with E-state index >= 15 is 0 Å². The molecule has 2 heterocycles. The minimum absolute atomic E-state index is 0.00252. The van der Waals surface area contributed by atoms with Gasteiger partial charge in [0.1, 0.15) is 4.88 Å². The van der Waals surface area contributed by atoms with Gasteiger partial charge in [0, 0.05) is 6.92 Å². The number of hydrogen-bond donors (Lipinski definition) is 1. The van der Waals surface area contributed by atoms with Crippen LogP contribution in [0.3, 0.4) is 0 Å². The highest BCUT2D eigenvalue weighted by Gasteiger charge is 2.39. The molecule has 116 valence electrons. The molecule has 0 radical (unpaired) electrons. The molecule has 0 saturated carbocycles. The first-order chi connectivity index (χ1) is 9.66. The van der Waals surface area contributed by atoms with E-state index in [0.29, 0.717) is 11.6 Å². The quantitative estimate of drug-likeness (QED) is 0.651. The van der Waals surface area contributed by atoms with Crippen molar-refractivity contribution in [3.63, 3.8) is 0 Å². The lowest BCUT2D eigenvalue weighted by molar-refractivity contribution is 0.0591. The predicted molar refractivity (Wildman–Crippen MR) is 78.8 cm³/mol. The number of aromatic nitrogens is 1. The molecule has 0 aromatic carbocycles. The molecule has 2 rings (SSSR count). The molecule has 21 heavy (non-hydrogen) atoms. The minimum Gasteiger partial charge on any atom is -0.464 e. The SMILES string of the molecule is COC(=O)c1nc(NC2(C)CCS(=O)(=O)C2)sc1C(C)=O. The molecule has 1 atom stereocenters. The summed E-state index contributed by atoms with van der Waals surface area (Å²) in [7, 11) is -1.85. The van der Waals surface area contributed by atoms with Gasteiger partial charge in [-0.3, -0.25) is 4.79 Å². The van der Waals surface area contributed by atoms with E-state index < -0.39 is 21.3 Å². The fourth-order valence-corrected chi connectivity index (χ4v) is 5.30. The molecule has 1 unspecified atom stereocenters. The third-order valence-corrected chi connectivity index (χ3v) is 6.21. The van der Waals surface area contributed by atoms with Crippen LogP contribution in [0.2, 0.25) is 0 Å². The highest BCUT2D eigenvalue weighted by molar-refractivity contribution is 7.91. The fourth-order valence-electron chi connectivity index (χ4n) is 2.21. The number of hydrogen-bond acceptors (Lipinski definition) is 8. The average molecular weight is 332 g/mol. The molecule has 1 fully saturated rings. The number of thiazole rings is 1. The van der Waals surface area contributed by atoms with Gasteiger partial charge < -0.3 is 10.1 Å². The van der Waals surface area contributed by atoms with Gasteiger partial charge in [0.25, 0.3) is 0 Å². The predicted octanol–water partition coefficient (Wildman–Crippen LogP) is 1.12. The summed E-state index contributed by atoms with van der Waals surface area (Å²) >= 11 is 1.03. The van der Waals surface area contributed by atoms with Gasteiger partial charge in [-0.05, 0) is 13.3 Å². The lowest BCUT2D eigenvalue weighted by Gasteiger charge is -2.23. The zero-order chi connectivity index (χ0) is 15.8. The standard InChI is InChI=1S/C12H16N2O5S2/c1-7(15)9-8(10(16)19-3)13-11(20-9)14-12(2)4-5-21(17,18)6-12/h4-6H2,1-3H3,(H,13,14). The highest BCUT2D eigenvalue weighted by Crippen LogP contribution is 2.31. The molecule has 1 aliphatic heterocycles. The number of sulfone groups is 1. The molecule has 0 amide bonds. The number of ketones is 1. The van der Waals surface area contributed by atoms with E-state index in [2.05, 4.69) is 15.0 Å². The van der Waals surface area contributed by atoms with Crippen molar-refractivity contribution in [2.75, 3.05) is 23.9 Å². The summed E-state index contributed by atoms with van der Waals surface area (Å²) in [5.74, 6) is -0.854. The number of carbonyl (C=O) groups excluding carboxylic acids is 2. The van der Waals surface area contributed by atoms with Crippen molar-refractivity contribution >= 4 is 38.1 Å². The average Bonchev–Trinajstić information content (AvgIpc) is 2.90. The lowest BCUT2D eigenvalue weighted by Crippen LogP contribution is -2.35. The van der Waals surface area contributed by atoms with E-state index in [0.717, 1.165) is 11.3 Å². The molecule has 9 heteroatoms. The summed E-state index contributed by atoms with van der Waals surface area (Å²) in [6.07, 6.45) is 0.456.